The molecule has 4 rings (SSSR count). The summed E-state index contributed by atoms with van der Waals surface area (Å²) in [5.41, 5.74) is 2.70. The fourth-order valence-electron chi connectivity index (χ4n) is 3.81. The number of amides is 2. The van der Waals surface area contributed by atoms with E-state index in [1.807, 2.05) is 20.2 Å². The van der Waals surface area contributed by atoms with E-state index in [0.29, 0.717) is 33.4 Å². The first-order valence-electron chi connectivity index (χ1n) is 10.2. The quantitative estimate of drug-likeness (QED) is 0.625. The molecule has 0 saturated heterocycles. The molecule has 0 bridgehead atoms. The molecular formula is C22H24ClN5O2. The summed E-state index contributed by atoms with van der Waals surface area (Å²) in [5, 5.41) is 5.94. The third-order valence-corrected chi connectivity index (χ3v) is 5.61. The molecule has 2 amide bonds. The smallest absolute Gasteiger partial charge is 0.257 e. The number of rotatable bonds is 5. The summed E-state index contributed by atoms with van der Waals surface area (Å²) in [5.74, 6) is -0.607. The second-order valence-corrected chi connectivity index (χ2v) is 8.34. The minimum absolute atomic E-state index is 0.0198. The Morgan fingerprint density at radius 2 is 1.90 bits per heavy atom. The molecule has 0 atom stereocenters. The fourth-order valence-corrected chi connectivity index (χ4v) is 4.02. The molecule has 0 radical (unpaired) electrons. The van der Waals surface area contributed by atoms with Crippen molar-refractivity contribution >= 4 is 40.3 Å². The lowest BCUT2D eigenvalue weighted by molar-refractivity contribution is 0.0942. The number of carbonyl (C=O) groups excluding carboxylic acids is 2. The molecule has 156 valence electrons. The van der Waals surface area contributed by atoms with Crippen LogP contribution in [0.15, 0.2) is 36.8 Å². The largest absolute Gasteiger partial charge is 0.350 e. The molecule has 0 spiro atoms. The SMILES string of the molecule is CC(C)NC(=O)c1cc(NC(=O)c2cnc3c(c2)ncn3C2CCCC2)ccc1Cl. The van der Waals surface area contributed by atoms with Gasteiger partial charge >= 0.3 is 0 Å². The normalized spacial score (nSPS) is 14.4. The molecule has 1 aliphatic carbocycles. The van der Waals surface area contributed by atoms with Crippen LogP contribution in [0, 0.1) is 0 Å². The summed E-state index contributed by atoms with van der Waals surface area (Å²) in [7, 11) is 0. The highest BCUT2D eigenvalue weighted by molar-refractivity contribution is 6.34. The van der Waals surface area contributed by atoms with E-state index in [1.54, 1.807) is 30.5 Å². The maximum absolute atomic E-state index is 12.7. The maximum atomic E-state index is 12.7. The molecule has 2 heterocycles. The van der Waals surface area contributed by atoms with Gasteiger partial charge in [-0.1, -0.05) is 24.4 Å². The van der Waals surface area contributed by atoms with Crippen molar-refractivity contribution in [3.8, 4) is 0 Å². The number of aromatic nitrogens is 3. The maximum Gasteiger partial charge on any atom is 0.257 e. The van der Waals surface area contributed by atoms with Gasteiger partial charge in [0.25, 0.3) is 11.8 Å². The van der Waals surface area contributed by atoms with Gasteiger partial charge < -0.3 is 15.2 Å². The Hall–Kier alpha value is -2.93. The van der Waals surface area contributed by atoms with Crippen molar-refractivity contribution < 1.29 is 9.59 Å². The van der Waals surface area contributed by atoms with E-state index in [9.17, 15) is 9.59 Å². The van der Waals surface area contributed by atoms with Crippen molar-refractivity contribution in [1.29, 1.82) is 0 Å². The van der Waals surface area contributed by atoms with E-state index in [0.717, 1.165) is 18.5 Å². The van der Waals surface area contributed by atoms with E-state index in [4.69, 9.17) is 11.6 Å². The molecular weight excluding hydrogens is 402 g/mol. The lowest BCUT2D eigenvalue weighted by atomic mass is 10.1. The molecule has 0 unspecified atom stereocenters. The molecule has 1 fully saturated rings. The topological polar surface area (TPSA) is 88.9 Å². The summed E-state index contributed by atoms with van der Waals surface area (Å²) in [6.45, 7) is 3.74. The molecule has 1 saturated carbocycles. The number of hydrogen-bond acceptors (Lipinski definition) is 4. The van der Waals surface area contributed by atoms with Crippen molar-refractivity contribution in [2.75, 3.05) is 5.32 Å². The van der Waals surface area contributed by atoms with Crippen molar-refractivity contribution in [1.82, 2.24) is 19.9 Å². The van der Waals surface area contributed by atoms with Crippen molar-refractivity contribution in [3.05, 3.63) is 52.9 Å². The van der Waals surface area contributed by atoms with Crippen LogP contribution in [0.3, 0.4) is 0 Å². The average Bonchev–Trinajstić information content (AvgIpc) is 3.37. The number of carbonyl (C=O) groups is 2. The Labute approximate surface area is 179 Å². The summed E-state index contributed by atoms with van der Waals surface area (Å²) in [6, 6.07) is 6.98. The monoisotopic (exact) mass is 425 g/mol. The highest BCUT2D eigenvalue weighted by Gasteiger charge is 2.20. The van der Waals surface area contributed by atoms with Crippen LogP contribution in [0.1, 0.15) is 66.3 Å². The van der Waals surface area contributed by atoms with Crippen molar-refractivity contribution in [3.63, 3.8) is 0 Å². The number of imidazole rings is 1. The third-order valence-electron chi connectivity index (χ3n) is 5.28. The van der Waals surface area contributed by atoms with Crippen LogP contribution < -0.4 is 10.6 Å². The number of fused-ring (bicyclic) bond motifs is 1. The van der Waals surface area contributed by atoms with Gasteiger partial charge in [0.05, 0.1) is 22.5 Å². The Balaban J connectivity index is 1.54. The van der Waals surface area contributed by atoms with Crippen LogP contribution in [0.2, 0.25) is 5.02 Å². The van der Waals surface area contributed by atoms with E-state index >= 15 is 0 Å². The summed E-state index contributed by atoms with van der Waals surface area (Å²) in [4.78, 5) is 34.0. The number of pyridine rings is 1. The van der Waals surface area contributed by atoms with Crippen LogP contribution in [-0.2, 0) is 0 Å². The highest BCUT2D eigenvalue weighted by Crippen LogP contribution is 2.31. The number of hydrogen-bond donors (Lipinski definition) is 2. The molecule has 30 heavy (non-hydrogen) atoms. The van der Waals surface area contributed by atoms with Crippen LogP contribution in [0.25, 0.3) is 11.2 Å². The lowest BCUT2D eigenvalue weighted by Crippen LogP contribution is -2.30. The summed E-state index contributed by atoms with van der Waals surface area (Å²) >= 11 is 6.16. The van der Waals surface area contributed by atoms with E-state index in [2.05, 4.69) is 25.2 Å². The third kappa shape index (κ3) is 4.16. The molecule has 2 N–H and O–H groups in total. The highest BCUT2D eigenvalue weighted by atomic mass is 35.5. The average molecular weight is 426 g/mol. The minimum atomic E-state index is -0.322. The van der Waals surface area contributed by atoms with Gasteiger partial charge in [0.2, 0.25) is 0 Å². The number of nitrogens with zero attached hydrogens (tertiary/aromatic N) is 3. The molecule has 1 aliphatic rings. The van der Waals surface area contributed by atoms with Gasteiger partial charge in [-0.3, -0.25) is 9.59 Å². The fraction of sp³-hybridized carbons (Fsp3) is 0.364. The van der Waals surface area contributed by atoms with Gasteiger partial charge in [-0.15, -0.1) is 0 Å². The Morgan fingerprint density at radius 3 is 2.63 bits per heavy atom. The van der Waals surface area contributed by atoms with Gasteiger partial charge in [0, 0.05) is 24.0 Å². The molecule has 3 aromatic rings. The Kier molecular flexibility index (Phi) is 5.72. The minimum Gasteiger partial charge on any atom is -0.350 e. The van der Waals surface area contributed by atoms with Crippen LogP contribution in [-0.4, -0.2) is 32.4 Å². The predicted molar refractivity (Wildman–Crippen MR) is 117 cm³/mol. The number of nitrogens with one attached hydrogen (secondary N) is 2. The first kappa shape index (κ1) is 20.3. The zero-order valence-electron chi connectivity index (χ0n) is 17.0. The zero-order chi connectivity index (χ0) is 21.3. The molecule has 1 aromatic carbocycles. The predicted octanol–water partition coefficient (Wildman–Crippen LogP) is 4.59. The number of anilines is 1. The number of benzene rings is 1. The molecule has 2 aromatic heterocycles. The number of halogens is 1. The van der Waals surface area contributed by atoms with Crippen molar-refractivity contribution in [2.45, 2.75) is 51.6 Å². The van der Waals surface area contributed by atoms with Gasteiger partial charge in [0.1, 0.15) is 5.52 Å². The van der Waals surface area contributed by atoms with E-state index in [-0.39, 0.29) is 17.9 Å². The van der Waals surface area contributed by atoms with E-state index < -0.39 is 0 Å². The van der Waals surface area contributed by atoms with E-state index in [1.165, 1.54) is 12.8 Å². The van der Waals surface area contributed by atoms with Crippen LogP contribution >= 0.6 is 11.6 Å². The zero-order valence-corrected chi connectivity index (χ0v) is 17.7. The first-order valence-corrected chi connectivity index (χ1v) is 10.5. The second-order valence-electron chi connectivity index (χ2n) is 7.93. The molecule has 8 heteroatoms. The van der Waals surface area contributed by atoms with Gasteiger partial charge in [0.15, 0.2) is 5.65 Å². The first-order chi connectivity index (χ1) is 14.4. The summed E-state index contributed by atoms with van der Waals surface area (Å²) < 4.78 is 2.11. The second kappa shape index (κ2) is 8.44. The Bertz CT molecular complexity index is 1100. The van der Waals surface area contributed by atoms with Crippen LogP contribution in [0.4, 0.5) is 5.69 Å². The van der Waals surface area contributed by atoms with Crippen LogP contribution in [0.5, 0.6) is 0 Å². The van der Waals surface area contributed by atoms with Crippen molar-refractivity contribution in [2.24, 2.45) is 0 Å². The molecule has 0 aliphatic heterocycles. The van der Waals surface area contributed by atoms with Gasteiger partial charge in [-0.05, 0) is 51.0 Å². The summed E-state index contributed by atoms with van der Waals surface area (Å²) in [6.07, 6.45) is 8.10. The lowest BCUT2D eigenvalue weighted by Gasteiger charge is -2.12. The van der Waals surface area contributed by atoms with Gasteiger partial charge in [-0.2, -0.15) is 0 Å². The molecule has 7 nitrogen and oxygen atoms in total. The standard InChI is InChI=1S/C22H24ClN5O2/c1-13(2)26-22(30)17-10-15(7-8-18(17)23)27-21(29)14-9-19-20(24-11-14)28(12-25-19)16-5-3-4-6-16/h7-13,16H,3-6H2,1-2H3,(H,26,30)(H,27,29). The Morgan fingerprint density at radius 1 is 1.13 bits per heavy atom. The van der Waals surface area contributed by atoms with Gasteiger partial charge in [-0.25, -0.2) is 9.97 Å².